The second-order valence-corrected chi connectivity index (χ2v) is 6.95. The Labute approximate surface area is 189 Å². The number of hydrogen-bond acceptors (Lipinski definition) is 5. The van der Waals surface area contributed by atoms with E-state index in [1.807, 2.05) is 0 Å². The Morgan fingerprint density at radius 3 is 2.16 bits per heavy atom. The zero-order valence-corrected chi connectivity index (χ0v) is 18.0. The zero-order valence-electron chi connectivity index (χ0n) is 17.3. The van der Waals surface area contributed by atoms with E-state index in [4.69, 9.17) is 21.1 Å². The molecule has 0 atom stereocenters. The van der Waals surface area contributed by atoms with Crippen LogP contribution >= 0.6 is 11.6 Å². The minimum Gasteiger partial charge on any atom is -0.497 e. The van der Waals surface area contributed by atoms with Crippen molar-refractivity contribution in [3.8, 4) is 11.5 Å². The average molecular weight is 454 g/mol. The normalized spacial score (nSPS) is 10.1. The summed E-state index contributed by atoms with van der Waals surface area (Å²) in [5.74, 6) is -0.560. The van der Waals surface area contributed by atoms with Crippen molar-refractivity contribution in [2.75, 3.05) is 19.5 Å². The molecule has 0 aliphatic heterocycles. The second kappa shape index (κ2) is 10.3. The first kappa shape index (κ1) is 22.6. The summed E-state index contributed by atoms with van der Waals surface area (Å²) >= 11 is 5.93. The van der Waals surface area contributed by atoms with Crippen molar-refractivity contribution in [3.63, 3.8) is 0 Å². The average Bonchev–Trinajstić information content (AvgIpc) is 2.82. The lowest BCUT2D eigenvalue weighted by atomic mass is 10.1. The first-order chi connectivity index (χ1) is 15.4. The third-order valence-electron chi connectivity index (χ3n) is 4.43. The van der Waals surface area contributed by atoms with Crippen molar-refractivity contribution < 1.29 is 23.9 Å². The molecule has 0 aromatic heterocycles. The fraction of sp³-hybridized carbons (Fsp3) is 0.0870. The highest BCUT2D eigenvalue weighted by atomic mass is 35.5. The fourth-order valence-electron chi connectivity index (χ4n) is 2.79. The summed E-state index contributed by atoms with van der Waals surface area (Å²) in [5, 5.41) is 3.07. The maximum Gasteiger partial charge on any atom is 0.273 e. The van der Waals surface area contributed by atoms with E-state index < -0.39 is 11.8 Å². The van der Waals surface area contributed by atoms with E-state index in [0.29, 0.717) is 27.8 Å². The van der Waals surface area contributed by atoms with Crippen LogP contribution in [0.5, 0.6) is 11.5 Å². The smallest absolute Gasteiger partial charge is 0.273 e. The molecule has 8 nitrogen and oxygen atoms in total. The third-order valence-corrected chi connectivity index (χ3v) is 4.67. The summed E-state index contributed by atoms with van der Waals surface area (Å²) in [4.78, 5) is 37.3. The van der Waals surface area contributed by atoms with Crippen molar-refractivity contribution in [3.05, 3.63) is 88.4 Å². The highest BCUT2D eigenvalue weighted by molar-refractivity contribution is 6.31. The summed E-state index contributed by atoms with van der Waals surface area (Å²) in [5.41, 5.74) is 5.90. The summed E-state index contributed by atoms with van der Waals surface area (Å²) in [6.07, 6.45) is 0. The number of anilines is 1. The quantitative estimate of drug-likeness (QED) is 0.494. The zero-order chi connectivity index (χ0) is 23.1. The van der Waals surface area contributed by atoms with Crippen LogP contribution in [0.3, 0.4) is 0 Å². The van der Waals surface area contributed by atoms with Gasteiger partial charge < -0.3 is 14.8 Å². The van der Waals surface area contributed by atoms with Crippen LogP contribution in [0.15, 0.2) is 66.7 Å². The van der Waals surface area contributed by atoms with Crippen molar-refractivity contribution in [1.29, 1.82) is 0 Å². The molecule has 3 aromatic rings. The number of carbonyl (C=O) groups is 3. The maximum absolute atomic E-state index is 12.5. The molecule has 0 spiro atoms. The van der Waals surface area contributed by atoms with Crippen LogP contribution in [0.4, 0.5) is 5.69 Å². The lowest BCUT2D eigenvalue weighted by Crippen LogP contribution is -2.41. The number of rotatable bonds is 6. The van der Waals surface area contributed by atoms with Gasteiger partial charge in [0.05, 0.1) is 19.8 Å². The molecule has 0 aliphatic rings. The molecule has 0 unspecified atom stereocenters. The molecule has 0 radical (unpaired) electrons. The molecular weight excluding hydrogens is 434 g/mol. The number of halogens is 1. The number of hydrazine groups is 1. The predicted molar refractivity (Wildman–Crippen MR) is 120 cm³/mol. The Kier molecular flexibility index (Phi) is 7.30. The minimum absolute atomic E-state index is 0.167. The molecule has 3 rings (SSSR count). The third kappa shape index (κ3) is 5.55. The Balaban J connectivity index is 1.64. The van der Waals surface area contributed by atoms with E-state index in [-0.39, 0.29) is 17.0 Å². The van der Waals surface area contributed by atoms with Crippen LogP contribution in [-0.2, 0) is 0 Å². The topological polar surface area (TPSA) is 106 Å². The number of amides is 3. The monoisotopic (exact) mass is 453 g/mol. The molecule has 0 heterocycles. The molecule has 0 fully saturated rings. The second-order valence-electron chi connectivity index (χ2n) is 6.52. The molecule has 3 amide bonds. The van der Waals surface area contributed by atoms with E-state index >= 15 is 0 Å². The summed E-state index contributed by atoms with van der Waals surface area (Å²) in [7, 11) is 2.96. The SMILES string of the molecule is COc1ccc(C(=O)Nc2cccc(C(=O)NNC(=O)c3cc(Cl)ccc3OC)c2)cc1. The molecule has 9 heteroatoms. The molecule has 0 aliphatic carbocycles. The highest BCUT2D eigenvalue weighted by Crippen LogP contribution is 2.22. The Morgan fingerprint density at radius 2 is 1.47 bits per heavy atom. The predicted octanol–water partition coefficient (Wildman–Crippen LogP) is 3.68. The van der Waals surface area contributed by atoms with Crippen molar-refractivity contribution in [2.24, 2.45) is 0 Å². The molecule has 3 N–H and O–H groups in total. The molecule has 3 aromatic carbocycles. The van der Waals surface area contributed by atoms with E-state index in [2.05, 4.69) is 16.2 Å². The van der Waals surface area contributed by atoms with E-state index in [0.717, 1.165) is 0 Å². The van der Waals surface area contributed by atoms with Crippen molar-refractivity contribution in [1.82, 2.24) is 10.9 Å². The largest absolute Gasteiger partial charge is 0.497 e. The van der Waals surface area contributed by atoms with Gasteiger partial charge in [-0.1, -0.05) is 17.7 Å². The number of carbonyl (C=O) groups excluding carboxylic acids is 3. The lowest BCUT2D eigenvalue weighted by molar-refractivity contribution is 0.0845. The van der Waals surface area contributed by atoms with Gasteiger partial charge >= 0.3 is 0 Å². The molecular formula is C23H20ClN3O5. The number of methoxy groups -OCH3 is 2. The maximum atomic E-state index is 12.5. The van der Waals surface area contributed by atoms with Crippen LogP contribution in [0.25, 0.3) is 0 Å². The van der Waals surface area contributed by atoms with Gasteiger partial charge in [0, 0.05) is 21.8 Å². The minimum atomic E-state index is -0.596. The number of ether oxygens (including phenoxy) is 2. The standard InChI is InChI=1S/C23H20ClN3O5/c1-31-18-9-6-14(7-10-18)21(28)25-17-5-3-4-15(12-17)22(29)26-27-23(30)19-13-16(24)8-11-20(19)32-2/h3-13H,1-2H3,(H,25,28)(H,26,29)(H,27,30). The van der Waals surface area contributed by atoms with Gasteiger partial charge in [0.2, 0.25) is 0 Å². The van der Waals surface area contributed by atoms with Gasteiger partial charge in [0.1, 0.15) is 11.5 Å². The van der Waals surface area contributed by atoms with Crippen LogP contribution in [0.2, 0.25) is 5.02 Å². The van der Waals surface area contributed by atoms with Crippen LogP contribution in [0, 0.1) is 0 Å². The summed E-state index contributed by atoms with van der Waals surface area (Å²) in [6, 6.07) is 17.5. The number of benzene rings is 3. The van der Waals surface area contributed by atoms with E-state index in [9.17, 15) is 14.4 Å². The van der Waals surface area contributed by atoms with Gasteiger partial charge in [0.15, 0.2) is 0 Å². The van der Waals surface area contributed by atoms with Gasteiger partial charge in [-0.2, -0.15) is 0 Å². The lowest BCUT2D eigenvalue weighted by Gasteiger charge is -2.11. The van der Waals surface area contributed by atoms with E-state index in [1.54, 1.807) is 61.7 Å². The van der Waals surface area contributed by atoms with Crippen LogP contribution in [0.1, 0.15) is 31.1 Å². The van der Waals surface area contributed by atoms with Crippen LogP contribution in [-0.4, -0.2) is 31.9 Å². The van der Waals surface area contributed by atoms with Gasteiger partial charge in [-0.3, -0.25) is 25.2 Å². The first-order valence-corrected chi connectivity index (χ1v) is 9.78. The van der Waals surface area contributed by atoms with Crippen LogP contribution < -0.4 is 25.6 Å². The fourth-order valence-corrected chi connectivity index (χ4v) is 2.97. The van der Waals surface area contributed by atoms with Gasteiger partial charge in [0.25, 0.3) is 17.7 Å². The highest BCUT2D eigenvalue weighted by Gasteiger charge is 2.15. The molecule has 32 heavy (non-hydrogen) atoms. The Morgan fingerprint density at radius 1 is 0.750 bits per heavy atom. The van der Waals surface area contributed by atoms with Gasteiger partial charge in [-0.25, -0.2) is 0 Å². The molecule has 0 bridgehead atoms. The molecule has 0 saturated carbocycles. The Bertz CT molecular complexity index is 1150. The summed E-state index contributed by atoms with van der Waals surface area (Å²) < 4.78 is 10.2. The van der Waals surface area contributed by atoms with Gasteiger partial charge in [-0.15, -0.1) is 0 Å². The molecule has 0 saturated heterocycles. The van der Waals surface area contributed by atoms with E-state index in [1.165, 1.54) is 19.2 Å². The van der Waals surface area contributed by atoms with Crippen molar-refractivity contribution in [2.45, 2.75) is 0 Å². The number of hydrogen-bond donors (Lipinski definition) is 3. The Hall–Kier alpha value is -4.04. The summed E-state index contributed by atoms with van der Waals surface area (Å²) in [6.45, 7) is 0. The van der Waals surface area contributed by atoms with Crippen molar-refractivity contribution >= 4 is 35.0 Å². The van der Waals surface area contributed by atoms with Gasteiger partial charge in [-0.05, 0) is 60.7 Å². The first-order valence-electron chi connectivity index (χ1n) is 9.41. The molecule has 164 valence electrons. The number of nitrogens with one attached hydrogen (secondary N) is 3.